The number of rotatable bonds is 5. The SMILES string of the molecule is CCOC(=O)c1oc2cc(OCC)ccc2c(=O)c1-c1ccc(Br)cc1. The van der Waals surface area contributed by atoms with Crippen molar-refractivity contribution < 1.29 is 18.7 Å². The number of ether oxygens (including phenoxy) is 2. The fourth-order valence-corrected chi connectivity index (χ4v) is 2.91. The van der Waals surface area contributed by atoms with E-state index in [4.69, 9.17) is 13.9 Å². The normalized spacial score (nSPS) is 10.7. The van der Waals surface area contributed by atoms with Crippen LogP contribution in [0, 0.1) is 0 Å². The average Bonchev–Trinajstić information content (AvgIpc) is 2.63. The molecule has 0 N–H and O–H groups in total. The Labute approximate surface area is 158 Å². The predicted molar refractivity (Wildman–Crippen MR) is 103 cm³/mol. The number of fused-ring (bicyclic) bond motifs is 1. The van der Waals surface area contributed by atoms with E-state index in [1.54, 1.807) is 49.4 Å². The molecule has 1 aromatic heterocycles. The van der Waals surface area contributed by atoms with Crippen LogP contribution < -0.4 is 10.2 Å². The molecule has 0 spiro atoms. The van der Waals surface area contributed by atoms with Crippen LogP contribution in [0.25, 0.3) is 22.1 Å². The monoisotopic (exact) mass is 416 g/mol. The van der Waals surface area contributed by atoms with Crippen LogP contribution in [0.5, 0.6) is 5.75 Å². The van der Waals surface area contributed by atoms with Crippen molar-refractivity contribution in [2.24, 2.45) is 0 Å². The number of benzene rings is 2. The van der Waals surface area contributed by atoms with E-state index in [0.29, 0.717) is 23.3 Å². The molecule has 0 aliphatic carbocycles. The summed E-state index contributed by atoms with van der Waals surface area (Å²) in [6.45, 7) is 4.22. The van der Waals surface area contributed by atoms with Crippen LogP contribution >= 0.6 is 15.9 Å². The quantitative estimate of drug-likeness (QED) is 0.558. The van der Waals surface area contributed by atoms with Crippen molar-refractivity contribution in [3.05, 3.63) is 62.9 Å². The van der Waals surface area contributed by atoms with Gasteiger partial charge in [0, 0.05) is 10.5 Å². The van der Waals surface area contributed by atoms with Crippen molar-refractivity contribution in [3.63, 3.8) is 0 Å². The highest BCUT2D eigenvalue weighted by Crippen LogP contribution is 2.28. The van der Waals surface area contributed by atoms with Gasteiger partial charge in [-0.25, -0.2) is 4.79 Å². The number of halogens is 1. The van der Waals surface area contributed by atoms with Crippen molar-refractivity contribution in [1.82, 2.24) is 0 Å². The van der Waals surface area contributed by atoms with E-state index >= 15 is 0 Å². The molecule has 5 nitrogen and oxygen atoms in total. The number of carbonyl (C=O) groups excluding carboxylic acids is 1. The highest BCUT2D eigenvalue weighted by Gasteiger charge is 2.23. The molecule has 3 aromatic rings. The summed E-state index contributed by atoms with van der Waals surface area (Å²) in [5, 5.41) is 0.374. The molecule has 0 aliphatic rings. The van der Waals surface area contributed by atoms with Gasteiger partial charge in [0.15, 0.2) is 0 Å². The minimum absolute atomic E-state index is 0.111. The summed E-state index contributed by atoms with van der Waals surface area (Å²) >= 11 is 3.36. The van der Waals surface area contributed by atoms with Crippen molar-refractivity contribution in [2.75, 3.05) is 13.2 Å². The lowest BCUT2D eigenvalue weighted by Crippen LogP contribution is -2.15. The standard InChI is InChI=1S/C20H17BrO5/c1-3-24-14-9-10-15-16(11-14)26-19(20(23)25-4-2)17(18(15)22)12-5-7-13(21)8-6-12/h5-11H,3-4H2,1-2H3. The van der Waals surface area contributed by atoms with Crippen LogP contribution in [0.2, 0.25) is 0 Å². The van der Waals surface area contributed by atoms with Crippen molar-refractivity contribution in [1.29, 1.82) is 0 Å². The third kappa shape index (κ3) is 3.51. The van der Waals surface area contributed by atoms with Crippen LogP contribution in [-0.4, -0.2) is 19.2 Å². The Bertz CT molecular complexity index is 1010. The van der Waals surface area contributed by atoms with Gasteiger partial charge in [-0.3, -0.25) is 4.79 Å². The second-order valence-corrected chi connectivity index (χ2v) is 6.37. The topological polar surface area (TPSA) is 65.7 Å². The zero-order chi connectivity index (χ0) is 18.7. The minimum atomic E-state index is -0.675. The summed E-state index contributed by atoms with van der Waals surface area (Å²) in [6, 6.07) is 12.0. The van der Waals surface area contributed by atoms with Gasteiger partial charge in [-0.2, -0.15) is 0 Å². The first-order valence-electron chi connectivity index (χ1n) is 8.21. The van der Waals surface area contributed by atoms with E-state index in [9.17, 15) is 9.59 Å². The Hall–Kier alpha value is -2.60. The largest absolute Gasteiger partial charge is 0.494 e. The van der Waals surface area contributed by atoms with Crippen LogP contribution in [0.15, 0.2) is 56.1 Å². The average molecular weight is 417 g/mol. The van der Waals surface area contributed by atoms with Crippen LogP contribution in [-0.2, 0) is 4.74 Å². The summed E-state index contributed by atoms with van der Waals surface area (Å²) in [7, 11) is 0. The van der Waals surface area contributed by atoms with Crippen molar-refractivity contribution in [3.8, 4) is 16.9 Å². The zero-order valence-corrected chi connectivity index (χ0v) is 16.0. The maximum atomic E-state index is 13.1. The van der Waals surface area contributed by atoms with Crippen LogP contribution in [0.4, 0.5) is 0 Å². The van der Waals surface area contributed by atoms with Crippen LogP contribution in [0.3, 0.4) is 0 Å². The lowest BCUT2D eigenvalue weighted by atomic mass is 10.0. The maximum absolute atomic E-state index is 13.1. The molecular weight excluding hydrogens is 400 g/mol. The van der Waals surface area contributed by atoms with E-state index in [2.05, 4.69) is 15.9 Å². The van der Waals surface area contributed by atoms with Crippen molar-refractivity contribution >= 4 is 32.9 Å². The Morgan fingerprint density at radius 3 is 2.46 bits per heavy atom. The first kappa shape index (κ1) is 18.2. The van der Waals surface area contributed by atoms with Gasteiger partial charge in [-0.05, 0) is 43.7 Å². The molecule has 26 heavy (non-hydrogen) atoms. The Morgan fingerprint density at radius 1 is 1.08 bits per heavy atom. The third-order valence-corrected chi connectivity index (χ3v) is 4.30. The molecule has 0 amide bonds. The molecule has 3 rings (SSSR count). The highest BCUT2D eigenvalue weighted by molar-refractivity contribution is 9.10. The number of hydrogen-bond donors (Lipinski definition) is 0. The van der Waals surface area contributed by atoms with E-state index in [-0.39, 0.29) is 28.9 Å². The van der Waals surface area contributed by atoms with Gasteiger partial charge >= 0.3 is 5.97 Å². The van der Waals surface area contributed by atoms with Gasteiger partial charge in [0.25, 0.3) is 0 Å². The molecule has 6 heteroatoms. The summed E-state index contributed by atoms with van der Waals surface area (Å²) in [5.41, 5.74) is 0.762. The zero-order valence-electron chi connectivity index (χ0n) is 14.4. The van der Waals surface area contributed by atoms with E-state index in [1.165, 1.54) is 0 Å². The van der Waals surface area contributed by atoms with Gasteiger partial charge < -0.3 is 13.9 Å². The molecule has 0 radical (unpaired) electrons. The van der Waals surface area contributed by atoms with Gasteiger partial charge in [-0.15, -0.1) is 0 Å². The molecule has 2 aromatic carbocycles. The molecule has 0 saturated carbocycles. The number of carbonyl (C=O) groups is 1. The van der Waals surface area contributed by atoms with Gasteiger partial charge in [0.2, 0.25) is 11.2 Å². The Morgan fingerprint density at radius 2 is 1.81 bits per heavy atom. The second kappa shape index (κ2) is 7.74. The Balaban J connectivity index is 2.29. The summed E-state index contributed by atoms with van der Waals surface area (Å²) in [4.78, 5) is 25.5. The first-order chi connectivity index (χ1) is 12.5. The Kier molecular flexibility index (Phi) is 5.42. The molecular formula is C20H17BrO5. The molecule has 0 atom stereocenters. The molecule has 0 saturated heterocycles. The van der Waals surface area contributed by atoms with Gasteiger partial charge in [0.05, 0.1) is 24.2 Å². The lowest BCUT2D eigenvalue weighted by molar-refractivity contribution is 0.0492. The second-order valence-electron chi connectivity index (χ2n) is 5.45. The van der Waals surface area contributed by atoms with E-state index in [1.807, 2.05) is 6.92 Å². The van der Waals surface area contributed by atoms with Gasteiger partial charge in [0.1, 0.15) is 11.3 Å². The molecule has 0 bridgehead atoms. The molecule has 0 unspecified atom stereocenters. The molecule has 1 heterocycles. The lowest BCUT2D eigenvalue weighted by Gasteiger charge is -2.10. The van der Waals surface area contributed by atoms with Crippen LogP contribution in [0.1, 0.15) is 24.4 Å². The maximum Gasteiger partial charge on any atom is 0.375 e. The third-order valence-electron chi connectivity index (χ3n) is 3.77. The summed E-state index contributed by atoms with van der Waals surface area (Å²) < 4.78 is 17.2. The van der Waals surface area contributed by atoms with Gasteiger partial charge in [-0.1, -0.05) is 28.1 Å². The molecule has 0 fully saturated rings. The molecule has 0 aliphatic heterocycles. The predicted octanol–water partition coefficient (Wildman–Crippen LogP) is 4.80. The first-order valence-corrected chi connectivity index (χ1v) is 9.01. The number of hydrogen-bond acceptors (Lipinski definition) is 5. The molecule has 134 valence electrons. The summed E-state index contributed by atoms with van der Waals surface area (Å²) in [5.74, 6) is -0.221. The minimum Gasteiger partial charge on any atom is -0.494 e. The summed E-state index contributed by atoms with van der Waals surface area (Å²) in [6.07, 6.45) is 0. The fraction of sp³-hybridized carbons (Fsp3) is 0.200. The smallest absolute Gasteiger partial charge is 0.375 e. The van der Waals surface area contributed by atoms with E-state index < -0.39 is 5.97 Å². The highest BCUT2D eigenvalue weighted by atomic mass is 79.9. The number of esters is 1. The fourth-order valence-electron chi connectivity index (χ4n) is 2.65. The van der Waals surface area contributed by atoms with E-state index in [0.717, 1.165) is 4.47 Å². The van der Waals surface area contributed by atoms with Crippen molar-refractivity contribution in [2.45, 2.75) is 13.8 Å².